The molecule has 6 heteroatoms. The highest BCUT2D eigenvalue weighted by Gasteiger charge is 2.13. The maximum absolute atomic E-state index is 11.8. The molecule has 2 N–H and O–H groups in total. The van der Waals surface area contributed by atoms with E-state index in [0.717, 1.165) is 19.4 Å². The highest BCUT2D eigenvalue weighted by atomic mass is 16.5. The number of methoxy groups -OCH3 is 1. The van der Waals surface area contributed by atoms with Crippen molar-refractivity contribution in [3.05, 3.63) is 23.8 Å². The minimum Gasteiger partial charge on any atom is -0.496 e. The number of hydrogen-bond acceptors (Lipinski definition) is 4. The summed E-state index contributed by atoms with van der Waals surface area (Å²) in [5.41, 5.74) is 0.465. The third kappa shape index (κ3) is 4.24. The number of aromatic carboxylic acids is 1. The zero-order valence-electron chi connectivity index (χ0n) is 12.2. The third-order valence-corrected chi connectivity index (χ3v) is 3.24. The Labute approximate surface area is 128 Å². The van der Waals surface area contributed by atoms with Gasteiger partial charge in [0.2, 0.25) is 0 Å². The zero-order chi connectivity index (χ0) is 15.9. The van der Waals surface area contributed by atoms with Gasteiger partial charge in [-0.15, -0.1) is 0 Å². The van der Waals surface area contributed by atoms with E-state index in [1.54, 1.807) is 0 Å². The second-order valence-electron chi connectivity index (χ2n) is 4.86. The maximum atomic E-state index is 11.8. The molecule has 22 heavy (non-hydrogen) atoms. The first-order valence-corrected chi connectivity index (χ1v) is 6.91. The van der Waals surface area contributed by atoms with Crippen LogP contribution in [0, 0.1) is 17.8 Å². The molecule has 0 spiro atoms. The summed E-state index contributed by atoms with van der Waals surface area (Å²) in [6.45, 7) is 1.31. The van der Waals surface area contributed by atoms with Crippen LogP contribution in [0.2, 0.25) is 0 Å². The number of carboxylic acids is 1. The number of amides is 1. The van der Waals surface area contributed by atoms with Crippen LogP contribution in [-0.2, 0) is 9.53 Å². The summed E-state index contributed by atoms with van der Waals surface area (Å²) in [7, 11) is 1.37. The number of rotatable bonds is 3. The molecule has 0 aliphatic carbocycles. The summed E-state index contributed by atoms with van der Waals surface area (Å²) >= 11 is 0. The van der Waals surface area contributed by atoms with E-state index >= 15 is 0 Å². The van der Waals surface area contributed by atoms with Gasteiger partial charge in [-0.1, -0.05) is 5.92 Å². The van der Waals surface area contributed by atoms with Gasteiger partial charge < -0.3 is 19.9 Å². The molecule has 1 aromatic carbocycles. The van der Waals surface area contributed by atoms with Crippen LogP contribution in [-0.4, -0.2) is 37.3 Å². The molecule has 2 rings (SSSR count). The number of nitrogens with one attached hydrogen (secondary N) is 1. The molecule has 0 bridgehead atoms. The lowest BCUT2D eigenvalue weighted by molar-refractivity contribution is -0.111. The largest absolute Gasteiger partial charge is 0.496 e. The minimum absolute atomic E-state index is 0.0333. The standard InChI is InChI=1S/C16H17NO5/c1-21-14-9-12(5-6-13(14)16(19)20)17-15(18)7-4-11-3-2-8-22-10-11/h5-6,9,11H,2-3,8,10H2,1H3,(H,17,18)(H,19,20). The number of ether oxygens (including phenoxy) is 2. The van der Waals surface area contributed by atoms with E-state index in [1.807, 2.05) is 0 Å². The van der Waals surface area contributed by atoms with E-state index in [1.165, 1.54) is 25.3 Å². The number of carbonyl (C=O) groups is 2. The van der Waals surface area contributed by atoms with Gasteiger partial charge in [-0.25, -0.2) is 4.79 Å². The predicted molar refractivity (Wildman–Crippen MR) is 79.9 cm³/mol. The lowest BCUT2D eigenvalue weighted by Crippen LogP contribution is -2.16. The van der Waals surface area contributed by atoms with Crippen molar-refractivity contribution >= 4 is 17.6 Å². The maximum Gasteiger partial charge on any atom is 0.339 e. The molecule has 1 aliphatic heterocycles. The van der Waals surface area contributed by atoms with Crippen molar-refractivity contribution in [1.82, 2.24) is 0 Å². The predicted octanol–water partition coefficient (Wildman–Crippen LogP) is 1.76. The Kier molecular flexibility index (Phi) is 5.39. The Morgan fingerprint density at radius 3 is 2.91 bits per heavy atom. The molecular formula is C16H17NO5. The van der Waals surface area contributed by atoms with E-state index in [-0.39, 0.29) is 17.2 Å². The first-order chi connectivity index (χ1) is 10.6. The second-order valence-corrected chi connectivity index (χ2v) is 4.86. The van der Waals surface area contributed by atoms with Gasteiger partial charge >= 0.3 is 5.97 Å². The van der Waals surface area contributed by atoms with Crippen molar-refractivity contribution in [2.24, 2.45) is 5.92 Å². The smallest absolute Gasteiger partial charge is 0.339 e. The monoisotopic (exact) mass is 303 g/mol. The van der Waals surface area contributed by atoms with Crippen molar-refractivity contribution in [3.8, 4) is 17.6 Å². The summed E-state index contributed by atoms with van der Waals surface area (Å²) in [5.74, 6) is 4.15. The van der Waals surface area contributed by atoms with Crippen molar-refractivity contribution < 1.29 is 24.2 Å². The van der Waals surface area contributed by atoms with Crippen LogP contribution in [0.1, 0.15) is 23.2 Å². The molecule has 0 aromatic heterocycles. The highest BCUT2D eigenvalue weighted by molar-refractivity contribution is 6.04. The average molecular weight is 303 g/mol. The summed E-state index contributed by atoms with van der Waals surface area (Å²) in [6.07, 6.45) is 1.89. The molecule has 1 saturated heterocycles. The van der Waals surface area contributed by atoms with Crippen LogP contribution in [0.3, 0.4) is 0 Å². The van der Waals surface area contributed by atoms with E-state index in [9.17, 15) is 9.59 Å². The number of benzene rings is 1. The molecule has 6 nitrogen and oxygen atoms in total. The molecule has 0 saturated carbocycles. The van der Waals surface area contributed by atoms with Crippen LogP contribution < -0.4 is 10.1 Å². The fourth-order valence-electron chi connectivity index (χ4n) is 2.13. The second kappa shape index (κ2) is 7.48. The molecule has 1 atom stereocenters. The first-order valence-electron chi connectivity index (χ1n) is 6.91. The number of anilines is 1. The van der Waals surface area contributed by atoms with E-state index in [0.29, 0.717) is 12.3 Å². The fourth-order valence-corrected chi connectivity index (χ4v) is 2.13. The van der Waals surface area contributed by atoms with E-state index in [2.05, 4.69) is 17.2 Å². The Morgan fingerprint density at radius 1 is 1.45 bits per heavy atom. The van der Waals surface area contributed by atoms with Gasteiger partial charge in [-0.2, -0.15) is 0 Å². The van der Waals surface area contributed by atoms with Gasteiger partial charge in [0.05, 0.1) is 13.7 Å². The van der Waals surface area contributed by atoms with Crippen molar-refractivity contribution in [3.63, 3.8) is 0 Å². The molecule has 1 aliphatic rings. The topological polar surface area (TPSA) is 84.9 Å². The lowest BCUT2D eigenvalue weighted by atomic mass is 10.0. The zero-order valence-corrected chi connectivity index (χ0v) is 12.2. The molecule has 0 radical (unpaired) electrons. The van der Waals surface area contributed by atoms with E-state index < -0.39 is 11.9 Å². The van der Waals surface area contributed by atoms with Crippen LogP contribution in [0.25, 0.3) is 0 Å². The van der Waals surface area contributed by atoms with Crippen LogP contribution in [0.5, 0.6) is 5.75 Å². The average Bonchev–Trinajstić information content (AvgIpc) is 2.53. The normalized spacial score (nSPS) is 17.0. The van der Waals surface area contributed by atoms with E-state index in [4.69, 9.17) is 14.6 Å². The minimum atomic E-state index is -1.09. The quantitative estimate of drug-likeness (QED) is 0.831. The van der Waals surface area contributed by atoms with Gasteiger partial charge in [0.1, 0.15) is 11.3 Å². The number of hydrogen-bond donors (Lipinski definition) is 2. The lowest BCUT2D eigenvalue weighted by Gasteiger charge is -2.16. The summed E-state index contributed by atoms with van der Waals surface area (Å²) in [5, 5.41) is 11.6. The van der Waals surface area contributed by atoms with Gasteiger partial charge in [-0.3, -0.25) is 4.79 Å². The van der Waals surface area contributed by atoms with Crippen molar-refractivity contribution in [1.29, 1.82) is 0 Å². The molecule has 1 heterocycles. The Balaban J connectivity index is 2.02. The molecule has 1 aromatic rings. The van der Waals surface area contributed by atoms with Crippen LogP contribution in [0.15, 0.2) is 18.2 Å². The third-order valence-electron chi connectivity index (χ3n) is 3.24. The van der Waals surface area contributed by atoms with Crippen molar-refractivity contribution in [2.75, 3.05) is 25.6 Å². The van der Waals surface area contributed by atoms with Gasteiger partial charge in [0, 0.05) is 24.3 Å². The van der Waals surface area contributed by atoms with Crippen LogP contribution >= 0.6 is 0 Å². The fraction of sp³-hybridized carbons (Fsp3) is 0.375. The van der Waals surface area contributed by atoms with Crippen molar-refractivity contribution in [2.45, 2.75) is 12.8 Å². The SMILES string of the molecule is COc1cc(NC(=O)C#CC2CCCOC2)ccc1C(=O)O. The molecular weight excluding hydrogens is 286 g/mol. The summed E-state index contributed by atoms with van der Waals surface area (Å²) < 4.78 is 10.3. The van der Waals surface area contributed by atoms with Gasteiger partial charge in [0.25, 0.3) is 5.91 Å². The first kappa shape index (κ1) is 15.9. The Hall–Kier alpha value is -2.52. The number of carbonyl (C=O) groups excluding carboxylic acids is 1. The van der Waals surface area contributed by atoms with Crippen LogP contribution in [0.4, 0.5) is 5.69 Å². The molecule has 1 amide bonds. The Morgan fingerprint density at radius 2 is 2.27 bits per heavy atom. The Bertz CT molecular complexity index is 623. The summed E-state index contributed by atoms with van der Waals surface area (Å²) in [6, 6.07) is 4.32. The van der Waals surface area contributed by atoms with Gasteiger partial charge in [-0.05, 0) is 30.9 Å². The highest BCUT2D eigenvalue weighted by Crippen LogP contribution is 2.23. The molecule has 1 unspecified atom stereocenters. The van der Waals surface area contributed by atoms with Gasteiger partial charge in [0.15, 0.2) is 0 Å². The molecule has 1 fully saturated rings. The summed E-state index contributed by atoms with van der Waals surface area (Å²) in [4.78, 5) is 22.8. The number of carboxylic acid groups (broad SMARTS) is 1. The molecule has 116 valence electrons.